The van der Waals surface area contributed by atoms with E-state index in [4.69, 9.17) is 9.05 Å². The lowest BCUT2D eigenvalue weighted by molar-refractivity contribution is -0.870. The van der Waals surface area contributed by atoms with Gasteiger partial charge in [0, 0.05) is 6.42 Å². The number of rotatable bonds is 42. The van der Waals surface area contributed by atoms with E-state index in [1.54, 1.807) is 6.08 Å². The number of amides is 1. The van der Waals surface area contributed by atoms with Gasteiger partial charge in [0.05, 0.1) is 39.9 Å². The summed E-state index contributed by atoms with van der Waals surface area (Å²) < 4.78 is 23.2. The zero-order valence-electron chi connectivity index (χ0n) is 38.2. The highest BCUT2D eigenvalue weighted by molar-refractivity contribution is 7.45. The SMILES string of the molecule is CCCCCCC/C=C\C/C=C\C/C=C\CCCCCCCCCCC(=O)NC(COP(=O)([O-])OCC[N+](C)(C)C)C(O)/C=C/CC/C=C/CCCCCCCCC. The maximum Gasteiger partial charge on any atom is 0.268 e. The van der Waals surface area contributed by atoms with Crippen LogP contribution in [-0.2, 0) is 18.4 Å². The van der Waals surface area contributed by atoms with Crippen LogP contribution in [0.15, 0.2) is 60.8 Å². The first-order valence-corrected chi connectivity index (χ1v) is 25.1. The third kappa shape index (κ3) is 42.3. The van der Waals surface area contributed by atoms with E-state index in [1.807, 2.05) is 27.2 Å². The highest BCUT2D eigenvalue weighted by Gasteiger charge is 2.23. The minimum atomic E-state index is -4.60. The van der Waals surface area contributed by atoms with Crippen LogP contribution in [0.3, 0.4) is 0 Å². The lowest BCUT2D eigenvalue weighted by atomic mass is 10.1. The normalized spacial score (nSPS) is 14.8. The van der Waals surface area contributed by atoms with Crippen molar-refractivity contribution in [1.82, 2.24) is 5.32 Å². The Morgan fingerprint density at radius 1 is 0.603 bits per heavy atom. The summed E-state index contributed by atoms with van der Waals surface area (Å²) in [5.41, 5.74) is 0. The molecule has 0 fully saturated rings. The largest absolute Gasteiger partial charge is 0.756 e. The molecule has 0 saturated carbocycles. The van der Waals surface area contributed by atoms with E-state index in [0.717, 1.165) is 64.2 Å². The molecule has 0 spiro atoms. The summed E-state index contributed by atoms with van der Waals surface area (Å²) >= 11 is 0. The molecule has 3 atom stereocenters. The Balaban J connectivity index is 4.37. The number of nitrogens with one attached hydrogen (secondary N) is 1. The minimum Gasteiger partial charge on any atom is -0.756 e. The van der Waals surface area contributed by atoms with E-state index in [0.29, 0.717) is 17.4 Å². The molecule has 0 aliphatic rings. The molecule has 2 N–H and O–H groups in total. The third-order valence-corrected chi connectivity index (χ3v) is 11.2. The van der Waals surface area contributed by atoms with Crippen LogP contribution in [0.25, 0.3) is 0 Å². The van der Waals surface area contributed by atoms with Gasteiger partial charge in [-0.3, -0.25) is 9.36 Å². The number of unbranched alkanes of at least 4 members (excludes halogenated alkanes) is 21. The number of quaternary nitrogens is 1. The third-order valence-electron chi connectivity index (χ3n) is 10.2. The first kappa shape index (κ1) is 56.2. The molecule has 0 aromatic rings. The Kier molecular flexibility index (Phi) is 39.3. The van der Waals surface area contributed by atoms with E-state index in [2.05, 4.69) is 67.8 Å². The molecule has 0 radical (unpaired) electrons. The van der Waals surface area contributed by atoms with Gasteiger partial charge in [0.2, 0.25) is 5.91 Å². The van der Waals surface area contributed by atoms with Crippen molar-refractivity contribution in [3.05, 3.63) is 60.8 Å². The van der Waals surface area contributed by atoms with Crippen molar-refractivity contribution < 1.29 is 32.9 Å². The fraction of sp³-hybridized carbons (Fsp3) is 0.776. The van der Waals surface area contributed by atoms with Gasteiger partial charge in [-0.15, -0.1) is 0 Å². The quantitative estimate of drug-likeness (QED) is 0.0274. The number of phosphoric ester groups is 1. The number of aliphatic hydroxyl groups is 1. The lowest BCUT2D eigenvalue weighted by Gasteiger charge is -2.29. The van der Waals surface area contributed by atoms with Crippen molar-refractivity contribution in [1.29, 1.82) is 0 Å². The molecule has 0 aliphatic carbocycles. The predicted molar refractivity (Wildman–Crippen MR) is 247 cm³/mol. The average molecular weight is 835 g/mol. The van der Waals surface area contributed by atoms with Crippen molar-refractivity contribution in [2.24, 2.45) is 0 Å². The van der Waals surface area contributed by atoms with Crippen LogP contribution < -0.4 is 10.2 Å². The molecule has 0 aromatic heterocycles. The van der Waals surface area contributed by atoms with Crippen molar-refractivity contribution in [2.75, 3.05) is 40.9 Å². The molecule has 0 heterocycles. The van der Waals surface area contributed by atoms with Gasteiger partial charge in [0.25, 0.3) is 7.82 Å². The summed E-state index contributed by atoms with van der Waals surface area (Å²) in [6.07, 6.45) is 52.7. The highest BCUT2D eigenvalue weighted by Crippen LogP contribution is 2.38. The molecule has 8 nitrogen and oxygen atoms in total. The van der Waals surface area contributed by atoms with E-state index < -0.39 is 26.6 Å². The average Bonchev–Trinajstić information content (AvgIpc) is 3.17. The summed E-state index contributed by atoms with van der Waals surface area (Å²) in [6.45, 7) is 4.58. The number of nitrogens with zero attached hydrogens (tertiary/aromatic N) is 1. The molecule has 338 valence electrons. The highest BCUT2D eigenvalue weighted by atomic mass is 31.2. The Bertz CT molecular complexity index is 1130. The summed E-state index contributed by atoms with van der Waals surface area (Å²) in [4.78, 5) is 25.3. The Labute approximate surface area is 358 Å². The van der Waals surface area contributed by atoms with Crippen LogP contribution in [0.1, 0.15) is 194 Å². The first-order valence-electron chi connectivity index (χ1n) is 23.7. The zero-order valence-corrected chi connectivity index (χ0v) is 39.1. The van der Waals surface area contributed by atoms with E-state index in [1.165, 1.54) is 109 Å². The molecule has 0 rings (SSSR count). The van der Waals surface area contributed by atoms with Gasteiger partial charge in [0.1, 0.15) is 13.2 Å². The molecule has 1 amide bonds. The smallest absolute Gasteiger partial charge is 0.268 e. The Morgan fingerprint density at radius 3 is 1.52 bits per heavy atom. The fourth-order valence-corrected chi connectivity index (χ4v) is 7.13. The van der Waals surface area contributed by atoms with Crippen molar-refractivity contribution in [2.45, 2.75) is 206 Å². The number of carbonyl (C=O) groups is 1. The van der Waals surface area contributed by atoms with Gasteiger partial charge in [-0.25, -0.2) is 0 Å². The minimum absolute atomic E-state index is 0.0103. The first-order chi connectivity index (χ1) is 28.0. The second-order valence-electron chi connectivity index (χ2n) is 17.1. The Hall–Kier alpha value is -1.80. The van der Waals surface area contributed by atoms with Gasteiger partial charge in [-0.2, -0.15) is 0 Å². The molecule has 0 aromatic carbocycles. The topological polar surface area (TPSA) is 108 Å². The van der Waals surface area contributed by atoms with Crippen LogP contribution in [0.2, 0.25) is 0 Å². The standard InChI is InChI=1S/C49H91N2O6P/c1-6-8-10-12-14-16-18-20-21-22-23-24-25-26-27-28-29-31-33-35-37-39-41-43-49(53)50-47(46-57-58(54,55)56-45-44-51(3,4)5)48(52)42-40-38-36-34-32-30-19-17-15-13-11-9-7-2/h18,20,22-23,25-26,32,34,40,42,47-48,52H,6-17,19,21,24,27-31,33,35-39,41,43-46H2,1-5H3,(H-,50,53,54,55)/b20-18-,23-22-,26-25-,34-32+,42-40+. The zero-order chi connectivity index (χ0) is 42.8. The summed E-state index contributed by atoms with van der Waals surface area (Å²) in [6, 6.07) is -0.908. The number of hydrogen-bond acceptors (Lipinski definition) is 6. The maximum atomic E-state index is 12.9. The van der Waals surface area contributed by atoms with Crippen molar-refractivity contribution >= 4 is 13.7 Å². The number of carbonyl (C=O) groups excluding carboxylic acids is 1. The van der Waals surface area contributed by atoms with Crippen LogP contribution >= 0.6 is 7.82 Å². The predicted octanol–water partition coefficient (Wildman–Crippen LogP) is 12.8. The molecular formula is C49H91N2O6P. The molecule has 3 unspecified atom stereocenters. The maximum absolute atomic E-state index is 12.9. The van der Waals surface area contributed by atoms with E-state index in [9.17, 15) is 19.4 Å². The molecular weight excluding hydrogens is 744 g/mol. The van der Waals surface area contributed by atoms with Crippen LogP contribution in [0.5, 0.6) is 0 Å². The fourth-order valence-electron chi connectivity index (χ4n) is 6.41. The summed E-state index contributed by atoms with van der Waals surface area (Å²) in [7, 11) is 1.23. The number of likely N-dealkylation sites (N-methyl/N-ethyl adjacent to an activating group) is 1. The molecule has 0 saturated heterocycles. The van der Waals surface area contributed by atoms with E-state index >= 15 is 0 Å². The summed E-state index contributed by atoms with van der Waals surface area (Å²) in [5, 5.41) is 13.8. The lowest BCUT2D eigenvalue weighted by Crippen LogP contribution is -2.45. The van der Waals surface area contributed by atoms with Gasteiger partial charge in [-0.05, 0) is 70.6 Å². The number of phosphoric acid groups is 1. The molecule has 9 heteroatoms. The summed E-state index contributed by atoms with van der Waals surface area (Å²) in [5.74, 6) is -0.218. The van der Waals surface area contributed by atoms with Gasteiger partial charge in [-0.1, -0.05) is 177 Å². The molecule has 0 bridgehead atoms. The van der Waals surface area contributed by atoms with Gasteiger partial charge >= 0.3 is 0 Å². The Morgan fingerprint density at radius 2 is 1.02 bits per heavy atom. The second kappa shape index (κ2) is 40.6. The van der Waals surface area contributed by atoms with Crippen molar-refractivity contribution in [3.8, 4) is 0 Å². The van der Waals surface area contributed by atoms with Crippen LogP contribution in [0, 0.1) is 0 Å². The monoisotopic (exact) mass is 835 g/mol. The number of allylic oxidation sites excluding steroid dienone is 9. The van der Waals surface area contributed by atoms with Crippen LogP contribution in [-0.4, -0.2) is 68.5 Å². The second-order valence-corrected chi connectivity index (χ2v) is 18.5. The molecule has 0 aliphatic heterocycles. The van der Waals surface area contributed by atoms with Crippen molar-refractivity contribution in [3.63, 3.8) is 0 Å². The number of aliphatic hydroxyl groups excluding tert-OH is 1. The van der Waals surface area contributed by atoms with E-state index in [-0.39, 0.29) is 12.5 Å². The number of hydrogen-bond donors (Lipinski definition) is 2. The van der Waals surface area contributed by atoms with Gasteiger partial charge in [0.15, 0.2) is 0 Å². The van der Waals surface area contributed by atoms with Gasteiger partial charge < -0.3 is 28.8 Å². The van der Waals surface area contributed by atoms with Crippen LogP contribution in [0.4, 0.5) is 0 Å². The molecule has 58 heavy (non-hydrogen) atoms.